The average molecular weight is 362 g/mol. The van der Waals surface area contributed by atoms with Crippen molar-refractivity contribution in [1.29, 1.82) is 0 Å². The lowest BCUT2D eigenvalue weighted by Gasteiger charge is -2.22. The highest BCUT2D eigenvalue weighted by Crippen LogP contribution is 2.20. The van der Waals surface area contributed by atoms with Gasteiger partial charge in [-0.1, -0.05) is 6.07 Å². The van der Waals surface area contributed by atoms with Gasteiger partial charge in [-0.3, -0.25) is 0 Å². The smallest absolute Gasteiger partial charge is 0.191 e. The number of anilines is 1. The minimum absolute atomic E-state index is 0.222. The van der Waals surface area contributed by atoms with E-state index in [4.69, 9.17) is 4.42 Å². The minimum atomic E-state index is -1.17. The van der Waals surface area contributed by atoms with Gasteiger partial charge in [-0.05, 0) is 43.7 Å². The van der Waals surface area contributed by atoms with E-state index in [1.807, 2.05) is 13.0 Å². The van der Waals surface area contributed by atoms with Gasteiger partial charge in [0.2, 0.25) is 0 Å². The van der Waals surface area contributed by atoms with Crippen LogP contribution in [0.3, 0.4) is 0 Å². The van der Waals surface area contributed by atoms with Crippen LogP contribution < -0.4 is 15.5 Å². The van der Waals surface area contributed by atoms with Crippen LogP contribution in [-0.4, -0.2) is 38.3 Å². The molecule has 0 saturated heterocycles. The molecule has 0 bridgehead atoms. The molecule has 6 nitrogen and oxygen atoms in total. The van der Waals surface area contributed by atoms with Crippen molar-refractivity contribution < 1.29 is 13.9 Å². The van der Waals surface area contributed by atoms with Gasteiger partial charge in [0, 0.05) is 20.6 Å². The number of aliphatic imine (C=N–C) groups is 1. The summed E-state index contributed by atoms with van der Waals surface area (Å²) in [5.74, 6) is 0.736. The molecule has 1 atom stereocenters. The van der Waals surface area contributed by atoms with E-state index in [0.29, 0.717) is 30.5 Å². The molecule has 0 fully saturated rings. The number of nitrogens with one attached hydrogen (secondary N) is 2. The van der Waals surface area contributed by atoms with Gasteiger partial charge in [-0.2, -0.15) is 0 Å². The average Bonchev–Trinajstić information content (AvgIpc) is 3.12. The van der Waals surface area contributed by atoms with Crippen molar-refractivity contribution in [2.45, 2.75) is 26.0 Å². The molecule has 1 heterocycles. The van der Waals surface area contributed by atoms with Crippen LogP contribution in [-0.2, 0) is 12.1 Å². The van der Waals surface area contributed by atoms with Crippen molar-refractivity contribution in [1.82, 2.24) is 10.6 Å². The van der Waals surface area contributed by atoms with Crippen LogP contribution in [0.15, 0.2) is 46.0 Å². The highest BCUT2D eigenvalue weighted by molar-refractivity contribution is 5.79. The van der Waals surface area contributed by atoms with Crippen molar-refractivity contribution in [2.24, 2.45) is 4.99 Å². The van der Waals surface area contributed by atoms with Gasteiger partial charge >= 0.3 is 0 Å². The third-order valence-electron chi connectivity index (χ3n) is 3.91. The Labute approximate surface area is 153 Å². The lowest BCUT2D eigenvalue weighted by Crippen LogP contribution is -2.44. The topological polar surface area (TPSA) is 73.0 Å². The SMILES string of the molecule is CCNC(=NCc1ccc(N(C)C)c(F)c1)NCC(C)(O)c1ccco1. The molecule has 0 aliphatic heterocycles. The largest absolute Gasteiger partial charge is 0.466 e. The van der Waals surface area contributed by atoms with E-state index >= 15 is 0 Å². The van der Waals surface area contributed by atoms with E-state index in [0.717, 1.165) is 5.56 Å². The fraction of sp³-hybridized carbons (Fsp3) is 0.421. The molecule has 1 unspecified atom stereocenters. The number of hydrogen-bond donors (Lipinski definition) is 3. The molecule has 0 amide bonds. The van der Waals surface area contributed by atoms with Crippen molar-refractivity contribution >= 4 is 11.6 Å². The number of hydrogen-bond acceptors (Lipinski definition) is 4. The molecule has 1 aromatic heterocycles. The Balaban J connectivity index is 2.03. The first-order chi connectivity index (χ1) is 12.3. The van der Waals surface area contributed by atoms with Crippen LogP contribution in [0.1, 0.15) is 25.2 Å². The summed E-state index contributed by atoms with van der Waals surface area (Å²) in [7, 11) is 3.60. The molecule has 0 saturated carbocycles. The van der Waals surface area contributed by atoms with Gasteiger partial charge in [0.15, 0.2) is 5.96 Å². The standard InChI is InChI=1S/C19H27FN4O2/c1-5-21-18(23-13-19(2,25)17-7-6-10-26-17)22-12-14-8-9-16(24(3)4)15(20)11-14/h6-11,25H,5,12-13H2,1-4H3,(H2,21,22,23). The number of furan rings is 1. The number of benzene rings is 1. The number of guanidine groups is 1. The van der Waals surface area contributed by atoms with Gasteiger partial charge < -0.3 is 25.1 Å². The summed E-state index contributed by atoms with van der Waals surface area (Å²) < 4.78 is 19.3. The van der Waals surface area contributed by atoms with Crippen molar-refractivity contribution in [2.75, 3.05) is 32.1 Å². The molecule has 7 heteroatoms. The predicted octanol–water partition coefficient (Wildman–Crippen LogP) is 2.45. The van der Waals surface area contributed by atoms with Crippen LogP contribution in [0.5, 0.6) is 0 Å². The highest BCUT2D eigenvalue weighted by Gasteiger charge is 2.26. The zero-order valence-corrected chi connectivity index (χ0v) is 15.7. The monoisotopic (exact) mass is 362 g/mol. The van der Waals surface area contributed by atoms with E-state index in [9.17, 15) is 9.50 Å². The van der Waals surface area contributed by atoms with Gasteiger partial charge in [-0.25, -0.2) is 9.38 Å². The van der Waals surface area contributed by atoms with E-state index in [-0.39, 0.29) is 12.4 Å². The first-order valence-electron chi connectivity index (χ1n) is 8.57. The molecule has 2 aromatic rings. The summed E-state index contributed by atoms with van der Waals surface area (Å²) in [6, 6.07) is 8.53. The maximum Gasteiger partial charge on any atom is 0.191 e. The Morgan fingerprint density at radius 2 is 2.08 bits per heavy atom. The van der Waals surface area contributed by atoms with Crippen LogP contribution in [0.2, 0.25) is 0 Å². The fourth-order valence-corrected chi connectivity index (χ4v) is 2.45. The van der Waals surface area contributed by atoms with Gasteiger partial charge in [-0.15, -0.1) is 0 Å². The minimum Gasteiger partial charge on any atom is -0.466 e. The third kappa shape index (κ3) is 5.23. The van der Waals surface area contributed by atoms with Crippen LogP contribution in [0.25, 0.3) is 0 Å². The summed E-state index contributed by atoms with van der Waals surface area (Å²) in [5.41, 5.74) is 0.138. The fourth-order valence-electron chi connectivity index (χ4n) is 2.45. The molecule has 0 radical (unpaired) electrons. The third-order valence-corrected chi connectivity index (χ3v) is 3.91. The Morgan fingerprint density at radius 3 is 2.65 bits per heavy atom. The molecule has 0 aliphatic carbocycles. The Morgan fingerprint density at radius 1 is 1.31 bits per heavy atom. The summed E-state index contributed by atoms with van der Waals surface area (Å²) >= 11 is 0. The van der Waals surface area contributed by atoms with Gasteiger partial charge in [0.1, 0.15) is 17.2 Å². The van der Waals surface area contributed by atoms with E-state index in [1.165, 1.54) is 12.3 Å². The number of rotatable bonds is 7. The lowest BCUT2D eigenvalue weighted by atomic mass is 10.0. The second-order valence-corrected chi connectivity index (χ2v) is 6.48. The quantitative estimate of drug-likeness (QED) is 0.521. The Kier molecular flexibility index (Phi) is 6.63. The van der Waals surface area contributed by atoms with Crippen LogP contribution in [0.4, 0.5) is 10.1 Å². The molecular weight excluding hydrogens is 335 g/mol. The highest BCUT2D eigenvalue weighted by atomic mass is 19.1. The molecule has 0 aliphatic rings. The second-order valence-electron chi connectivity index (χ2n) is 6.48. The van der Waals surface area contributed by atoms with Crippen LogP contribution in [0, 0.1) is 5.82 Å². The molecule has 2 rings (SSSR count). The molecule has 26 heavy (non-hydrogen) atoms. The van der Waals surface area contributed by atoms with Crippen LogP contribution >= 0.6 is 0 Å². The van der Waals surface area contributed by atoms with Crippen molar-refractivity contribution in [3.63, 3.8) is 0 Å². The number of nitrogens with zero attached hydrogens (tertiary/aromatic N) is 2. The number of halogens is 1. The maximum atomic E-state index is 14.1. The Bertz CT molecular complexity index is 727. The predicted molar refractivity (Wildman–Crippen MR) is 102 cm³/mol. The normalized spacial score (nSPS) is 14.0. The zero-order valence-electron chi connectivity index (χ0n) is 15.7. The summed E-state index contributed by atoms with van der Waals surface area (Å²) in [6.07, 6.45) is 1.52. The van der Waals surface area contributed by atoms with E-state index in [2.05, 4.69) is 15.6 Å². The summed E-state index contributed by atoms with van der Waals surface area (Å²) in [6.45, 7) is 4.83. The van der Waals surface area contributed by atoms with Gasteiger partial charge in [0.25, 0.3) is 0 Å². The van der Waals surface area contributed by atoms with Crippen molar-refractivity contribution in [3.8, 4) is 0 Å². The first-order valence-corrected chi connectivity index (χ1v) is 8.57. The molecular formula is C19H27FN4O2. The van der Waals surface area contributed by atoms with E-state index < -0.39 is 5.60 Å². The molecule has 142 valence electrons. The lowest BCUT2D eigenvalue weighted by molar-refractivity contribution is 0.0386. The maximum absolute atomic E-state index is 14.1. The summed E-state index contributed by atoms with van der Waals surface area (Å²) in [4.78, 5) is 6.18. The Hall–Kier alpha value is -2.54. The molecule has 1 aromatic carbocycles. The van der Waals surface area contributed by atoms with E-state index in [1.54, 1.807) is 44.1 Å². The summed E-state index contributed by atoms with van der Waals surface area (Å²) in [5, 5.41) is 16.7. The molecule has 0 spiro atoms. The van der Waals surface area contributed by atoms with Crippen molar-refractivity contribution in [3.05, 3.63) is 53.7 Å². The number of aliphatic hydroxyl groups is 1. The molecule has 3 N–H and O–H groups in total. The van der Waals surface area contributed by atoms with Gasteiger partial charge in [0.05, 0.1) is 25.0 Å². The second kappa shape index (κ2) is 8.71. The zero-order chi connectivity index (χ0) is 19.2. The first kappa shape index (κ1) is 19.8.